The maximum Gasteiger partial charge on any atom is 0.135 e. The van der Waals surface area contributed by atoms with Gasteiger partial charge in [0.15, 0.2) is 0 Å². The van der Waals surface area contributed by atoms with Crippen LogP contribution in [0.25, 0.3) is 130 Å². The van der Waals surface area contributed by atoms with Crippen LogP contribution in [0.3, 0.4) is 0 Å². The summed E-state index contributed by atoms with van der Waals surface area (Å²) in [7, 11) is 0. The molecule has 13 rings (SSSR count). The summed E-state index contributed by atoms with van der Waals surface area (Å²) >= 11 is 1.89. The summed E-state index contributed by atoms with van der Waals surface area (Å²) < 4.78 is 9.03. The van der Waals surface area contributed by atoms with Crippen LogP contribution in [0.4, 0.5) is 0 Å². The highest BCUT2D eigenvalue weighted by atomic mass is 32.1. The summed E-state index contributed by atoms with van der Waals surface area (Å²) in [4.78, 5) is 0. The average Bonchev–Trinajstić information content (AvgIpc) is 3.87. The number of benzene rings is 11. The highest BCUT2D eigenvalue weighted by Gasteiger charge is 2.21. The Morgan fingerprint density at radius 2 is 0.783 bits per heavy atom. The van der Waals surface area contributed by atoms with Crippen LogP contribution in [0.2, 0.25) is 0 Å². The predicted octanol–water partition coefficient (Wildman–Crippen LogP) is 17.2. The molecule has 0 radical (unpaired) electrons. The van der Waals surface area contributed by atoms with E-state index in [0.29, 0.717) is 0 Å². The lowest BCUT2D eigenvalue weighted by Gasteiger charge is -2.18. The Hall–Kier alpha value is -7.52. The van der Waals surface area contributed by atoms with Gasteiger partial charge in [-0.15, -0.1) is 11.3 Å². The molecule has 2 aromatic heterocycles. The van der Waals surface area contributed by atoms with E-state index in [-0.39, 0.29) is 0 Å². The third-order valence-electron chi connectivity index (χ3n) is 12.6. The van der Waals surface area contributed by atoms with Gasteiger partial charge in [0.25, 0.3) is 0 Å². The van der Waals surface area contributed by atoms with Gasteiger partial charge in [0, 0.05) is 30.9 Å². The molecular formula is C58H34OS. The zero-order valence-electron chi connectivity index (χ0n) is 32.4. The van der Waals surface area contributed by atoms with Crippen LogP contribution in [0.5, 0.6) is 0 Å². The first-order valence-corrected chi connectivity index (χ1v) is 21.4. The second kappa shape index (κ2) is 13.0. The van der Waals surface area contributed by atoms with Crippen molar-refractivity contribution in [2.45, 2.75) is 0 Å². The molecule has 0 saturated carbocycles. The first-order chi connectivity index (χ1) is 29.7. The van der Waals surface area contributed by atoms with E-state index in [1.807, 2.05) is 11.3 Å². The third kappa shape index (κ3) is 4.98. The summed E-state index contributed by atoms with van der Waals surface area (Å²) in [6.07, 6.45) is 0. The standard InChI is InChI=1S/C58H34OS/c1-2-13-35(14-3-1)36-25-28-51-48(32-36)49-33-39(26-29-52(49)59-51)56-43-19-8-10-21-45(43)57(46-22-11-9-20-44(46)56)47-23-12-24-54-58(47)50-34-40(27-30-53(50)60-54)55-41-17-6-4-15-37(41)31-38-16-5-7-18-42(38)55/h1-34H. The Labute approximate surface area is 350 Å². The zero-order valence-corrected chi connectivity index (χ0v) is 33.3. The van der Waals surface area contributed by atoms with Crippen LogP contribution in [0.15, 0.2) is 211 Å². The van der Waals surface area contributed by atoms with Gasteiger partial charge in [0.05, 0.1) is 0 Å². The van der Waals surface area contributed by atoms with Crippen LogP contribution < -0.4 is 0 Å². The molecule has 1 nitrogen and oxygen atoms in total. The smallest absolute Gasteiger partial charge is 0.135 e. The molecule has 60 heavy (non-hydrogen) atoms. The lowest BCUT2D eigenvalue weighted by Crippen LogP contribution is -1.91. The zero-order chi connectivity index (χ0) is 39.3. The van der Waals surface area contributed by atoms with Crippen molar-refractivity contribution in [2.75, 3.05) is 0 Å². The van der Waals surface area contributed by atoms with Gasteiger partial charge in [0.2, 0.25) is 0 Å². The van der Waals surface area contributed by atoms with Crippen molar-refractivity contribution in [3.63, 3.8) is 0 Å². The average molecular weight is 779 g/mol. The number of fused-ring (bicyclic) bond motifs is 10. The minimum Gasteiger partial charge on any atom is -0.456 e. The summed E-state index contributed by atoms with van der Waals surface area (Å²) in [5, 5.41) is 14.9. The molecule has 0 saturated heterocycles. The van der Waals surface area contributed by atoms with E-state index in [2.05, 4.69) is 206 Å². The number of thiophene rings is 1. The normalized spacial score (nSPS) is 12.0. The molecule has 0 N–H and O–H groups in total. The van der Waals surface area contributed by atoms with Crippen LogP contribution in [-0.2, 0) is 0 Å². The molecule has 278 valence electrons. The quantitative estimate of drug-likeness (QED) is 0.162. The highest BCUT2D eigenvalue weighted by Crippen LogP contribution is 2.49. The molecular weight excluding hydrogens is 745 g/mol. The van der Waals surface area contributed by atoms with Gasteiger partial charge in [0.1, 0.15) is 11.2 Å². The van der Waals surface area contributed by atoms with Crippen molar-refractivity contribution < 1.29 is 4.42 Å². The molecule has 0 atom stereocenters. The van der Waals surface area contributed by atoms with E-state index in [9.17, 15) is 0 Å². The number of hydrogen-bond acceptors (Lipinski definition) is 2. The summed E-state index contributed by atoms with van der Waals surface area (Å²) in [5.41, 5.74) is 11.7. The molecule has 0 aliphatic carbocycles. The molecule has 0 bridgehead atoms. The molecule has 0 amide bonds. The third-order valence-corrected chi connectivity index (χ3v) is 13.8. The fourth-order valence-electron chi connectivity index (χ4n) is 9.99. The monoisotopic (exact) mass is 778 g/mol. The van der Waals surface area contributed by atoms with Gasteiger partial charge in [-0.1, -0.05) is 158 Å². The Bertz CT molecular complexity index is 3770. The number of rotatable bonds is 4. The van der Waals surface area contributed by atoms with E-state index >= 15 is 0 Å². The first kappa shape index (κ1) is 33.5. The molecule has 11 aromatic carbocycles. The van der Waals surface area contributed by atoms with Gasteiger partial charge in [-0.25, -0.2) is 0 Å². The van der Waals surface area contributed by atoms with E-state index in [0.717, 1.165) is 21.9 Å². The minimum absolute atomic E-state index is 0.899. The van der Waals surface area contributed by atoms with Crippen molar-refractivity contribution in [2.24, 2.45) is 0 Å². The molecule has 2 heteroatoms. The van der Waals surface area contributed by atoms with Gasteiger partial charge in [-0.2, -0.15) is 0 Å². The lowest BCUT2D eigenvalue weighted by atomic mass is 9.84. The Balaban J connectivity index is 1.06. The van der Waals surface area contributed by atoms with Crippen LogP contribution in [-0.4, -0.2) is 0 Å². The fraction of sp³-hybridized carbons (Fsp3) is 0. The molecule has 0 spiro atoms. The van der Waals surface area contributed by atoms with Crippen LogP contribution >= 0.6 is 11.3 Å². The van der Waals surface area contributed by atoms with Crippen molar-refractivity contribution in [3.8, 4) is 44.5 Å². The fourth-order valence-corrected chi connectivity index (χ4v) is 11.1. The maximum absolute atomic E-state index is 6.43. The van der Waals surface area contributed by atoms with E-state index < -0.39 is 0 Å². The second-order valence-electron chi connectivity index (χ2n) is 15.9. The highest BCUT2D eigenvalue weighted by molar-refractivity contribution is 7.26. The predicted molar refractivity (Wildman–Crippen MR) is 258 cm³/mol. The lowest BCUT2D eigenvalue weighted by molar-refractivity contribution is 0.669. The largest absolute Gasteiger partial charge is 0.456 e. The molecule has 0 fully saturated rings. The summed E-state index contributed by atoms with van der Waals surface area (Å²) in [6.45, 7) is 0. The minimum atomic E-state index is 0.899. The Kier molecular flexibility index (Phi) is 7.24. The van der Waals surface area contributed by atoms with E-state index in [1.165, 1.54) is 108 Å². The topological polar surface area (TPSA) is 13.1 Å². The second-order valence-corrected chi connectivity index (χ2v) is 17.0. The summed E-state index contributed by atoms with van der Waals surface area (Å²) in [6, 6.07) is 75.8. The SMILES string of the molecule is c1ccc(-c2ccc3oc4ccc(-c5c6ccccc6c(-c6cccc7sc8ccc(-c9c%10ccccc%10cc%10ccccc9%10)cc8c67)c6ccccc56)cc4c3c2)cc1. The van der Waals surface area contributed by atoms with Crippen LogP contribution in [0.1, 0.15) is 0 Å². The number of furan rings is 1. The van der Waals surface area contributed by atoms with Crippen molar-refractivity contribution >= 4 is 96.5 Å². The van der Waals surface area contributed by atoms with Crippen molar-refractivity contribution in [1.29, 1.82) is 0 Å². The van der Waals surface area contributed by atoms with Gasteiger partial charge >= 0.3 is 0 Å². The molecule has 0 aliphatic rings. The van der Waals surface area contributed by atoms with Gasteiger partial charge in [-0.05, 0) is 136 Å². The molecule has 0 unspecified atom stereocenters. The Morgan fingerprint density at radius 1 is 0.283 bits per heavy atom. The van der Waals surface area contributed by atoms with Crippen molar-refractivity contribution in [1.82, 2.24) is 0 Å². The van der Waals surface area contributed by atoms with Crippen molar-refractivity contribution in [3.05, 3.63) is 206 Å². The Morgan fingerprint density at radius 3 is 1.43 bits per heavy atom. The first-order valence-electron chi connectivity index (χ1n) is 20.6. The number of hydrogen-bond donors (Lipinski definition) is 0. The maximum atomic E-state index is 6.43. The molecule has 2 heterocycles. The molecule has 0 aliphatic heterocycles. The molecule has 13 aromatic rings. The van der Waals surface area contributed by atoms with Gasteiger partial charge < -0.3 is 4.42 Å². The van der Waals surface area contributed by atoms with E-state index in [1.54, 1.807) is 0 Å². The van der Waals surface area contributed by atoms with Gasteiger partial charge in [-0.3, -0.25) is 0 Å². The summed E-state index contributed by atoms with van der Waals surface area (Å²) in [5.74, 6) is 0. The van der Waals surface area contributed by atoms with Crippen LogP contribution in [0, 0.1) is 0 Å². The van der Waals surface area contributed by atoms with E-state index in [4.69, 9.17) is 4.42 Å².